The van der Waals surface area contributed by atoms with Gasteiger partial charge in [-0.1, -0.05) is 0 Å². The Balaban J connectivity index is 2.95. The summed E-state index contributed by atoms with van der Waals surface area (Å²) in [4.78, 5) is 33.6. The second-order valence-electron chi connectivity index (χ2n) is 5.30. The first-order valence-electron chi connectivity index (χ1n) is 6.10. The molecule has 1 aromatic carbocycles. The SMILES string of the molecule is COc1ccc([N+](=O)[O-])cc1NC(=O)C(=O)NC(C)(C)C. The van der Waals surface area contributed by atoms with Crippen LogP contribution in [0.25, 0.3) is 0 Å². The number of anilines is 1. The number of ether oxygens (including phenoxy) is 1. The third-order valence-electron chi connectivity index (χ3n) is 2.34. The van der Waals surface area contributed by atoms with E-state index in [-0.39, 0.29) is 17.1 Å². The second kappa shape index (κ2) is 6.21. The number of hydrogen-bond acceptors (Lipinski definition) is 5. The van der Waals surface area contributed by atoms with Crippen LogP contribution < -0.4 is 15.4 Å². The predicted molar refractivity (Wildman–Crippen MR) is 76.2 cm³/mol. The van der Waals surface area contributed by atoms with Crippen LogP contribution in [0.5, 0.6) is 5.75 Å². The Hall–Kier alpha value is -2.64. The molecule has 0 fully saturated rings. The number of rotatable bonds is 3. The number of carbonyl (C=O) groups is 2. The maximum Gasteiger partial charge on any atom is 0.313 e. The summed E-state index contributed by atoms with van der Waals surface area (Å²) in [5.41, 5.74) is -0.732. The summed E-state index contributed by atoms with van der Waals surface area (Å²) in [5, 5.41) is 15.5. The minimum Gasteiger partial charge on any atom is -0.495 e. The number of benzene rings is 1. The van der Waals surface area contributed by atoms with Gasteiger partial charge in [0.2, 0.25) is 0 Å². The molecule has 0 radical (unpaired) electrons. The van der Waals surface area contributed by atoms with Crippen LogP contribution >= 0.6 is 0 Å². The lowest BCUT2D eigenvalue weighted by molar-refractivity contribution is -0.384. The van der Waals surface area contributed by atoms with Crippen LogP contribution in [-0.4, -0.2) is 29.4 Å². The Bertz CT molecular complexity index is 578. The normalized spacial score (nSPS) is 10.7. The van der Waals surface area contributed by atoms with Crippen LogP contribution in [0.4, 0.5) is 11.4 Å². The lowest BCUT2D eigenvalue weighted by atomic mass is 10.1. The number of carbonyl (C=O) groups excluding carboxylic acids is 2. The van der Waals surface area contributed by atoms with Crippen molar-refractivity contribution < 1.29 is 19.2 Å². The summed E-state index contributed by atoms with van der Waals surface area (Å²) >= 11 is 0. The first-order valence-corrected chi connectivity index (χ1v) is 6.10. The van der Waals surface area contributed by atoms with Crippen molar-refractivity contribution in [3.63, 3.8) is 0 Å². The summed E-state index contributed by atoms with van der Waals surface area (Å²) in [7, 11) is 1.35. The number of nitrogens with zero attached hydrogens (tertiary/aromatic N) is 1. The van der Waals surface area contributed by atoms with Gasteiger partial charge in [0, 0.05) is 17.7 Å². The zero-order valence-corrected chi connectivity index (χ0v) is 12.2. The van der Waals surface area contributed by atoms with Crippen molar-refractivity contribution in [2.75, 3.05) is 12.4 Å². The molecule has 21 heavy (non-hydrogen) atoms. The van der Waals surface area contributed by atoms with E-state index in [0.29, 0.717) is 0 Å². The number of nitro benzene ring substituents is 1. The van der Waals surface area contributed by atoms with Crippen LogP contribution in [0.1, 0.15) is 20.8 Å². The fraction of sp³-hybridized carbons (Fsp3) is 0.385. The van der Waals surface area contributed by atoms with E-state index in [0.717, 1.165) is 6.07 Å². The zero-order valence-electron chi connectivity index (χ0n) is 12.2. The summed E-state index contributed by atoms with van der Waals surface area (Å²) in [6.07, 6.45) is 0. The third kappa shape index (κ3) is 4.75. The quantitative estimate of drug-likeness (QED) is 0.498. The third-order valence-corrected chi connectivity index (χ3v) is 2.34. The first kappa shape index (κ1) is 16.4. The van der Waals surface area contributed by atoms with Crippen LogP contribution in [0.3, 0.4) is 0 Å². The summed E-state index contributed by atoms with van der Waals surface area (Å²) in [6.45, 7) is 5.18. The van der Waals surface area contributed by atoms with E-state index in [2.05, 4.69) is 10.6 Å². The highest BCUT2D eigenvalue weighted by Gasteiger charge is 2.22. The van der Waals surface area contributed by atoms with Crippen molar-refractivity contribution in [3.05, 3.63) is 28.3 Å². The van der Waals surface area contributed by atoms with E-state index in [9.17, 15) is 19.7 Å². The minimum absolute atomic E-state index is 0.0563. The molecule has 114 valence electrons. The summed E-state index contributed by atoms with van der Waals surface area (Å²) < 4.78 is 4.99. The summed E-state index contributed by atoms with van der Waals surface area (Å²) in [6, 6.07) is 3.71. The standard InChI is InChI=1S/C13H17N3O5/c1-13(2,3)15-12(18)11(17)14-9-7-8(16(19)20)5-6-10(9)21-4/h5-7H,1-4H3,(H,14,17)(H,15,18). The van der Waals surface area contributed by atoms with Crippen molar-refractivity contribution in [1.29, 1.82) is 0 Å². The number of nitro groups is 1. The fourth-order valence-electron chi connectivity index (χ4n) is 1.48. The molecule has 0 unspecified atom stereocenters. The molecule has 0 aliphatic carbocycles. The average molecular weight is 295 g/mol. The molecule has 0 saturated heterocycles. The summed E-state index contributed by atoms with van der Waals surface area (Å²) in [5.74, 6) is -1.54. The van der Waals surface area contributed by atoms with Crippen LogP contribution in [0.15, 0.2) is 18.2 Å². The number of nitrogens with one attached hydrogen (secondary N) is 2. The average Bonchev–Trinajstić information content (AvgIpc) is 2.36. The Kier molecular flexibility index (Phi) is 4.85. The van der Waals surface area contributed by atoms with Gasteiger partial charge >= 0.3 is 11.8 Å². The van der Waals surface area contributed by atoms with Crippen LogP contribution in [-0.2, 0) is 9.59 Å². The minimum atomic E-state index is -0.927. The highest BCUT2D eigenvalue weighted by atomic mass is 16.6. The van der Waals surface area contributed by atoms with Gasteiger partial charge in [0.05, 0.1) is 17.7 Å². The van der Waals surface area contributed by atoms with Crippen LogP contribution in [0, 0.1) is 10.1 Å². The second-order valence-corrected chi connectivity index (χ2v) is 5.30. The highest BCUT2D eigenvalue weighted by molar-refractivity contribution is 6.40. The van der Waals surface area contributed by atoms with Gasteiger partial charge in [-0.15, -0.1) is 0 Å². The molecular formula is C13H17N3O5. The monoisotopic (exact) mass is 295 g/mol. The predicted octanol–water partition coefficient (Wildman–Crippen LogP) is 1.46. The molecule has 8 nitrogen and oxygen atoms in total. The Morgan fingerprint density at radius 1 is 1.24 bits per heavy atom. The van der Waals surface area contributed by atoms with Crippen molar-refractivity contribution >= 4 is 23.2 Å². The maximum absolute atomic E-state index is 11.8. The van der Waals surface area contributed by atoms with Gasteiger partial charge in [-0.25, -0.2) is 0 Å². The number of non-ortho nitro benzene ring substituents is 1. The van der Waals surface area contributed by atoms with Gasteiger partial charge in [-0.2, -0.15) is 0 Å². The van der Waals surface area contributed by atoms with E-state index >= 15 is 0 Å². The maximum atomic E-state index is 11.8. The number of methoxy groups -OCH3 is 1. The smallest absolute Gasteiger partial charge is 0.313 e. The highest BCUT2D eigenvalue weighted by Crippen LogP contribution is 2.28. The van der Waals surface area contributed by atoms with Crippen molar-refractivity contribution in [3.8, 4) is 5.75 Å². The van der Waals surface area contributed by atoms with Crippen LogP contribution in [0.2, 0.25) is 0 Å². The van der Waals surface area contributed by atoms with E-state index in [1.165, 1.54) is 19.2 Å². The molecule has 2 amide bonds. The van der Waals surface area contributed by atoms with Gasteiger partial charge < -0.3 is 15.4 Å². The van der Waals surface area contributed by atoms with Gasteiger partial charge in [0.1, 0.15) is 5.75 Å². The lowest BCUT2D eigenvalue weighted by Crippen LogP contribution is -2.46. The van der Waals surface area contributed by atoms with Gasteiger partial charge in [-0.3, -0.25) is 19.7 Å². The van der Waals surface area contributed by atoms with Gasteiger partial charge in [0.15, 0.2) is 0 Å². The molecule has 0 saturated carbocycles. The molecule has 1 aromatic rings. The molecule has 0 aliphatic rings. The lowest BCUT2D eigenvalue weighted by Gasteiger charge is -2.20. The zero-order chi connectivity index (χ0) is 16.2. The Morgan fingerprint density at radius 2 is 1.86 bits per heavy atom. The number of hydrogen-bond donors (Lipinski definition) is 2. The topological polar surface area (TPSA) is 111 Å². The Labute approximate surface area is 121 Å². The molecule has 8 heteroatoms. The van der Waals surface area contributed by atoms with Crippen molar-refractivity contribution in [2.24, 2.45) is 0 Å². The van der Waals surface area contributed by atoms with Gasteiger partial charge in [-0.05, 0) is 26.8 Å². The molecule has 0 aliphatic heterocycles. The van der Waals surface area contributed by atoms with Crippen molar-refractivity contribution in [2.45, 2.75) is 26.3 Å². The molecule has 1 rings (SSSR count). The van der Waals surface area contributed by atoms with Gasteiger partial charge in [0.25, 0.3) is 5.69 Å². The molecule has 0 bridgehead atoms. The largest absolute Gasteiger partial charge is 0.495 e. The molecule has 0 spiro atoms. The molecule has 2 N–H and O–H groups in total. The molecule has 0 heterocycles. The molecule has 0 aromatic heterocycles. The van der Waals surface area contributed by atoms with E-state index in [1.807, 2.05) is 0 Å². The molecule has 0 atom stereocenters. The fourth-order valence-corrected chi connectivity index (χ4v) is 1.48. The Morgan fingerprint density at radius 3 is 2.33 bits per heavy atom. The van der Waals surface area contributed by atoms with E-state index in [4.69, 9.17) is 4.74 Å². The van der Waals surface area contributed by atoms with E-state index in [1.54, 1.807) is 20.8 Å². The molecular weight excluding hydrogens is 278 g/mol. The number of amides is 2. The van der Waals surface area contributed by atoms with E-state index < -0.39 is 22.3 Å². The first-order chi connectivity index (χ1) is 9.64. The van der Waals surface area contributed by atoms with Crippen molar-refractivity contribution in [1.82, 2.24) is 5.32 Å².